The smallest absolute Gasteiger partial charge is 0.357 e. The third-order valence-corrected chi connectivity index (χ3v) is 3.63. The van der Waals surface area contributed by atoms with E-state index in [0.717, 1.165) is 9.26 Å². The molecule has 0 bridgehead atoms. The average molecular weight is 400 g/mol. The lowest BCUT2D eigenvalue weighted by atomic mass is 10.2. The highest BCUT2D eigenvalue weighted by atomic mass is 127. The van der Waals surface area contributed by atoms with Crippen molar-refractivity contribution in [1.29, 1.82) is 0 Å². The summed E-state index contributed by atoms with van der Waals surface area (Å²) in [6.45, 7) is 0. The van der Waals surface area contributed by atoms with E-state index >= 15 is 0 Å². The molecule has 2 heterocycles. The molecule has 0 saturated heterocycles. The van der Waals surface area contributed by atoms with Crippen LogP contribution in [0.15, 0.2) is 36.4 Å². The second-order valence-electron chi connectivity index (χ2n) is 4.05. The first-order valence-corrected chi connectivity index (χ1v) is 7.06. The molecular formula is C13H7ClIN3O2. The number of carbonyl (C=O) groups is 1. The molecule has 7 heteroatoms. The zero-order valence-corrected chi connectivity index (χ0v) is 12.8. The quantitative estimate of drug-likeness (QED) is 0.530. The van der Waals surface area contributed by atoms with Gasteiger partial charge in [0.2, 0.25) is 0 Å². The Morgan fingerprint density at radius 2 is 2.10 bits per heavy atom. The molecule has 20 heavy (non-hydrogen) atoms. The molecule has 0 unspecified atom stereocenters. The number of nitrogens with zero attached hydrogens (tertiary/aromatic N) is 3. The van der Waals surface area contributed by atoms with Gasteiger partial charge in [0.25, 0.3) is 0 Å². The van der Waals surface area contributed by atoms with Gasteiger partial charge in [0.15, 0.2) is 11.3 Å². The molecule has 0 aliphatic rings. The van der Waals surface area contributed by atoms with Crippen molar-refractivity contribution in [3.8, 4) is 5.69 Å². The molecular weight excluding hydrogens is 393 g/mol. The number of aromatic nitrogens is 3. The molecule has 0 spiro atoms. The SMILES string of the molecule is O=C(O)c1nn(-c2cccc(I)c2)c2nc(Cl)ccc12. The second-order valence-corrected chi connectivity index (χ2v) is 5.68. The standard InChI is InChI=1S/C13H7ClIN3O2/c14-10-5-4-9-11(13(19)20)17-18(12(9)16-10)8-3-1-2-7(15)6-8/h1-6H,(H,19,20). The largest absolute Gasteiger partial charge is 0.476 e. The van der Waals surface area contributed by atoms with Crippen LogP contribution in [0.5, 0.6) is 0 Å². The molecule has 0 saturated carbocycles. The summed E-state index contributed by atoms with van der Waals surface area (Å²) in [5.41, 5.74) is 1.13. The van der Waals surface area contributed by atoms with Crippen molar-refractivity contribution >= 4 is 51.2 Å². The molecule has 5 nitrogen and oxygen atoms in total. The summed E-state index contributed by atoms with van der Waals surface area (Å²) in [6.07, 6.45) is 0. The number of aromatic carboxylic acids is 1. The van der Waals surface area contributed by atoms with Crippen molar-refractivity contribution in [3.63, 3.8) is 0 Å². The van der Waals surface area contributed by atoms with Gasteiger partial charge < -0.3 is 5.11 Å². The van der Waals surface area contributed by atoms with Gasteiger partial charge in [-0.15, -0.1) is 0 Å². The van der Waals surface area contributed by atoms with Crippen molar-refractivity contribution in [3.05, 3.63) is 50.8 Å². The molecule has 100 valence electrons. The Labute approximate surface area is 132 Å². The Bertz CT molecular complexity index is 832. The van der Waals surface area contributed by atoms with Crippen LogP contribution in [-0.2, 0) is 0 Å². The first-order chi connectivity index (χ1) is 9.56. The van der Waals surface area contributed by atoms with E-state index in [1.807, 2.05) is 24.3 Å². The van der Waals surface area contributed by atoms with E-state index in [4.69, 9.17) is 11.6 Å². The molecule has 0 atom stereocenters. The van der Waals surface area contributed by atoms with Gasteiger partial charge in [-0.2, -0.15) is 5.10 Å². The van der Waals surface area contributed by atoms with Crippen molar-refractivity contribution < 1.29 is 9.90 Å². The topological polar surface area (TPSA) is 68.0 Å². The van der Waals surface area contributed by atoms with Crippen LogP contribution in [0, 0.1) is 3.57 Å². The van der Waals surface area contributed by atoms with Crippen LogP contribution in [0.2, 0.25) is 5.15 Å². The highest BCUT2D eigenvalue weighted by molar-refractivity contribution is 14.1. The Hall–Kier alpha value is -1.67. The zero-order chi connectivity index (χ0) is 14.3. The highest BCUT2D eigenvalue weighted by Gasteiger charge is 2.18. The summed E-state index contributed by atoms with van der Waals surface area (Å²) < 4.78 is 2.51. The monoisotopic (exact) mass is 399 g/mol. The van der Waals surface area contributed by atoms with E-state index in [2.05, 4.69) is 32.7 Å². The third-order valence-electron chi connectivity index (χ3n) is 2.75. The maximum atomic E-state index is 11.3. The molecule has 1 aromatic carbocycles. The van der Waals surface area contributed by atoms with Gasteiger partial charge in [-0.05, 0) is 52.9 Å². The minimum Gasteiger partial charge on any atom is -0.476 e. The van der Waals surface area contributed by atoms with Crippen LogP contribution in [0.3, 0.4) is 0 Å². The summed E-state index contributed by atoms with van der Waals surface area (Å²) in [6, 6.07) is 10.7. The van der Waals surface area contributed by atoms with Crippen LogP contribution in [0.25, 0.3) is 16.7 Å². The number of fused-ring (bicyclic) bond motifs is 1. The zero-order valence-electron chi connectivity index (χ0n) is 9.92. The van der Waals surface area contributed by atoms with E-state index < -0.39 is 5.97 Å². The van der Waals surface area contributed by atoms with Crippen molar-refractivity contribution in [2.45, 2.75) is 0 Å². The molecule has 0 amide bonds. The second kappa shape index (κ2) is 5.02. The van der Waals surface area contributed by atoms with Crippen molar-refractivity contribution in [1.82, 2.24) is 14.8 Å². The Morgan fingerprint density at radius 1 is 1.30 bits per heavy atom. The third kappa shape index (κ3) is 2.25. The number of halogens is 2. The van der Waals surface area contributed by atoms with Crippen LogP contribution in [0.1, 0.15) is 10.5 Å². The van der Waals surface area contributed by atoms with Gasteiger partial charge in [-0.25, -0.2) is 14.5 Å². The number of carboxylic acid groups (broad SMARTS) is 1. The van der Waals surface area contributed by atoms with Gasteiger partial charge in [0.05, 0.1) is 11.1 Å². The number of hydrogen-bond donors (Lipinski definition) is 1. The lowest BCUT2D eigenvalue weighted by molar-refractivity contribution is 0.0692. The fraction of sp³-hybridized carbons (Fsp3) is 0. The number of carboxylic acids is 1. The number of pyridine rings is 1. The molecule has 1 N–H and O–H groups in total. The van der Waals surface area contributed by atoms with E-state index in [1.165, 1.54) is 4.68 Å². The van der Waals surface area contributed by atoms with Crippen molar-refractivity contribution in [2.75, 3.05) is 0 Å². The van der Waals surface area contributed by atoms with Gasteiger partial charge in [-0.1, -0.05) is 17.7 Å². The summed E-state index contributed by atoms with van der Waals surface area (Å²) in [4.78, 5) is 15.5. The van der Waals surface area contributed by atoms with Gasteiger partial charge in [-0.3, -0.25) is 0 Å². The predicted molar refractivity (Wildman–Crippen MR) is 83.6 cm³/mol. The predicted octanol–water partition coefficient (Wildman–Crippen LogP) is 3.38. The fourth-order valence-electron chi connectivity index (χ4n) is 1.92. The van der Waals surface area contributed by atoms with E-state index in [9.17, 15) is 9.90 Å². The van der Waals surface area contributed by atoms with Crippen LogP contribution in [0.4, 0.5) is 0 Å². The molecule has 2 aromatic heterocycles. The lowest BCUT2D eigenvalue weighted by Crippen LogP contribution is -2.01. The molecule has 0 aliphatic carbocycles. The summed E-state index contributed by atoms with van der Waals surface area (Å²) in [5.74, 6) is -1.09. The number of benzene rings is 1. The van der Waals surface area contributed by atoms with E-state index in [-0.39, 0.29) is 5.69 Å². The van der Waals surface area contributed by atoms with Crippen LogP contribution in [-0.4, -0.2) is 25.8 Å². The van der Waals surface area contributed by atoms with E-state index in [0.29, 0.717) is 16.2 Å². The average Bonchev–Trinajstić information content (AvgIpc) is 2.77. The van der Waals surface area contributed by atoms with E-state index in [1.54, 1.807) is 12.1 Å². The summed E-state index contributed by atoms with van der Waals surface area (Å²) in [5, 5.41) is 14.1. The maximum absolute atomic E-state index is 11.3. The first kappa shape index (κ1) is 13.3. The number of rotatable bonds is 2. The maximum Gasteiger partial charge on any atom is 0.357 e. The molecule has 3 rings (SSSR count). The molecule has 0 aliphatic heterocycles. The van der Waals surface area contributed by atoms with Crippen molar-refractivity contribution in [2.24, 2.45) is 0 Å². The van der Waals surface area contributed by atoms with Gasteiger partial charge in [0.1, 0.15) is 5.15 Å². The Balaban J connectivity index is 2.35. The Kier molecular flexibility index (Phi) is 3.35. The minimum absolute atomic E-state index is 0.0389. The van der Waals surface area contributed by atoms with Gasteiger partial charge >= 0.3 is 5.97 Å². The first-order valence-electron chi connectivity index (χ1n) is 5.61. The normalized spacial score (nSPS) is 10.9. The molecule has 0 radical (unpaired) electrons. The lowest BCUT2D eigenvalue weighted by Gasteiger charge is -2.03. The summed E-state index contributed by atoms with van der Waals surface area (Å²) in [7, 11) is 0. The number of hydrogen-bond acceptors (Lipinski definition) is 3. The fourth-order valence-corrected chi connectivity index (χ4v) is 2.59. The summed E-state index contributed by atoms with van der Waals surface area (Å²) >= 11 is 8.08. The molecule has 0 fully saturated rings. The van der Waals surface area contributed by atoms with Crippen LogP contribution >= 0.6 is 34.2 Å². The highest BCUT2D eigenvalue weighted by Crippen LogP contribution is 2.23. The molecule has 3 aromatic rings. The van der Waals surface area contributed by atoms with Gasteiger partial charge in [0, 0.05) is 3.57 Å². The van der Waals surface area contributed by atoms with Crippen LogP contribution < -0.4 is 0 Å². The Morgan fingerprint density at radius 3 is 2.80 bits per heavy atom. The minimum atomic E-state index is -1.09.